The monoisotopic (exact) mass is 270 g/mol. The zero-order valence-electron chi connectivity index (χ0n) is 11.6. The van der Waals surface area contributed by atoms with Gasteiger partial charge in [-0.25, -0.2) is 0 Å². The summed E-state index contributed by atoms with van der Waals surface area (Å²) >= 11 is 0. The van der Waals surface area contributed by atoms with Crippen LogP contribution in [0.3, 0.4) is 0 Å². The third-order valence-electron chi connectivity index (χ3n) is 4.03. The molecule has 0 atom stereocenters. The lowest BCUT2D eigenvalue weighted by Gasteiger charge is -2.26. The molecule has 0 unspecified atom stereocenters. The average molecular weight is 270 g/mol. The lowest BCUT2D eigenvalue weighted by molar-refractivity contribution is -0.133. The van der Waals surface area contributed by atoms with E-state index in [9.17, 15) is 9.59 Å². The second kappa shape index (κ2) is 5.12. The summed E-state index contributed by atoms with van der Waals surface area (Å²) in [5.41, 5.74) is 3.19. The molecule has 0 bridgehead atoms. The van der Waals surface area contributed by atoms with Gasteiger partial charge in [0, 0.05) is 42.5 Å². The van der Waals surface area contributed by atoms with Crippen molar-refractivity contribution in [3.8, 4) is 0 Å². The van der Waals surface area contributed by atoms with E-state index >= 15 is 0 Å². The van der Waals surface area contributed by atoms with Crippen molar-refractivity contribution in [2.24, 2.45) is 0 Å². The van der Waals surface area contributed by atoms with Gasteiger partial charge in [-0.1, -0.05) is 18.2 Å². The molecule has 104 valence electrons. The molecule has 1 aliphatic rings. The minimum atomic E-state index is 0.116. The van der Waals surface area contributed by atoms with E-state index < -0.39 is 0 Å². The molecule has 0 radical (unpaired) electrons. The number of piperidine rings is 1. The number of para-hydroxylation sites is 1. The van der Waals surface area contributed by atoms with Gasteiger partial charge in [0.05, 0.1) is 6.42 Å². The summed E-state index contributed by atoms with van der Waals surface area (Å²) in [7, 11) is 0. The third kappa shape index (κ3) is 2.33. The van der Waals surface area contributed by atoms with Gasteiger partial charge >= 0.3 is 0 Å². The molecule has 4 heteroatoms. The fourth-order valence-corrected chi connectivity index (χ4v) is 2.83. The Labute approximate surface area is 117 Å². The smallest absolute Gasteiger partial charge is 0.227 e. The number of aryl methyl sites for hydroxylation is 1. The number of aromatic amines is 1. The predicted molar refractivity (Wildman–Crippen MR) is 77.6 cm³/mol. The molecule has 1 aromatic heterocycles. The molecule has 3 rings (SSSR count). The summed E-state index contributed by atoms with van der Waals surface area (Å²) in [5, 5.41) is 1.12. The molecular weight excluding hydrogens is 252 g/mol. The minimum absolute atomic E-state index is 0.116. The van der Waals surface area contributed by atoms with Gasteiger partial charge in [0.1, 0.15) is 5.78 Å². The van der Waals surface area contributed by atoms with E-state index in [-0.39, 0.29) is 11.7 Å². The Balaban J connectivity index is 1.81. The molecule has 1 saturated heterocycles. The number of H-pyrrole nitrogens is 1. The number of rotatable bonds is 2. The lowest BCUT2D eigenvalue weighted by Crippen LogP contribution is -2.39. The Morgan fingerprint density at radius 3 is 2.70 bits per heavy atom. The van der Waals surface area contributed by atoms with Crippen LogP contribution in [0.1, 0.15) is 24.1 Å². The van der Waals surface area contributed by atoms with E-state index in [0.717, 1.165) is 22.2 Å². The summed E-state index contributed by atoms with van der Waals surface area (Å²) in [6.45, 7) is 3.14. The molecule has 2 heterocycles. The Morgan fingerprint density at radius 2 is 1.95 bits per heavy atom. The van der Waals surface area contributed by atoms with E-state index in [0.29, 0.717) is 32.4 Å². The van der Waals surface area contributed by atoms with E-state index in [2.05, 4.69) is 4.98 Å². The highest BCUT2D eigenvalue weighted by atomic mass is 16.2. The van der Waals surface area contributed by atoms with Crippen molar-refractivity contribution in [1.82, 2.24) is 9.88 Å². The fourth-order valence-electron chi connectivity index (χ4n) is 2.83. The van der Waals surface area contributed by atoms with Crippen molar-refractivity contribution in [3.63, 3.8) is 0 Å². The first-order chi connectivity index (χ1) is 9.65. The number of hydrogen-bond donors (Lipinski definition) is 1. The minimum Gasteiger partial charge on any atom is -0.358 e. The number of carbonyl (C=O) groups is 2. The molecule has 1 aliphatic heterocycles. The van der Waals surface area contributed by atoms with E-state index in [1.54, 1.807) is 0 Å². The fraction of sp³-hybridized carbons (Fsp3) is 0.375. The molecule has 0 spiro atoms. The van der Waals surface area contributed by atoms with Crippen LogP contribution >= 0.6 is 0 Å². The number of hydrogen-bond acceptors (Lipinski definition) is 2. The number of aromatic nitrogens is 1. The van der Waals surface area contributed by atoms with Gasteiger partial charge < -0.3 is 9.88 Å². The Bertz CT molecular complexity index is 662. The summed E-state index contributed by atoms with van der Waals surface area (Å²) in [4.78, 5) is 28.7. The molecule has 0 saturated carbocycles. The average Bonchev–Trinajstić information content (AvgIpc) is 2.76. The molecule has 1 fully saturated rings. The van der Waals surface area contributed by atoms with Crippen LogP contribution in [0.5, 0.6) is 0 Å². The van der Waals surface area contributed by atoms with E-state index in [4.69, 9.17) is 0 Å². The van der Waals surface area contributed by atoms with Gasteiger partial charge in [-0.15, -0.1) is 0 Å². The number of nitrogens with zero attached hydrogens (tertiary/aromatic N) is 1. The normalized spacial score (nSPS) is 15.8. The number of carbonyl (C=O) groups excluding carboxylic acids is 2. The number of benzene rings is 1. The van der Waals surface area contributed by atoms with Gasteiger partial charge in [-0.05, 0) is 18.6 Å². The molecule has 4 nitrogen and oxygen atoms in total. The van der Waals surface area contributed by atoms with Crippen LogP contribution in [-0.2, 0) is 16.0 Å². The first-order valence-corrected chi connectivity index (χ1v) is 7.01. The lowest BCUT2D eigenvalue weighted by atomic mass is 10.0. The highest BCUT2D eigenvalue weighted by Gasteiger charge is 2.22. The van der Waals surface area contributed by atoms with Crippen molar-refractivity contribution in [1.29, 1.82) is 0 Å². The Morgan fingerprint density at radius 1 is 1.25 bits per heavy atom. The van der Waals surface area contributed by atoms with Crippen LogP contribution in [0.25, 0.3) is 10.9 Å². The number of likely N-dealkylation sites (tertiary alicyclic amines) is 1. The maximum Gasteiger partial charge on any atom is 0.227 e. The van der Waals surface area contributed by atoms with E-state index in [1.165, 1.54) is 0 Å². The second-order valence-corrected chi connectivity index (χ2v) is 5.37. The Kier molecular flexibility index (Phi) is 3.30. The number of Topliss-reactive ketones (excluding diaryl/α,β-unsaturated/α-hetero) is 1. The van der Waals surface area contributed by atoms with Gasteiger partial charge in [0.2, 0.25) is 5.91 Å². The molecule has 1 N–H and O–H groups in total. The van der Waals surface area contributed by atoms with Crippen LogP contribution in [0, 0.1) is 6.92 Å². The highest BCUT2D eigenvalue weighted by molar-refractivity contribution is 5.91. The quantitative estimate of drug-likeness (QED) is 0.909. The Hall–Kier alpha value is -2.10. The third-order valence-corrected chi connectivity index (χ3v) is 4.03. The topological polar surface area (TPSA) is 53.2 Å². The molecule has 1 aromatic carbocycles. The highest BCUT2D eigenvalue weighted by Crippen LogP contribution is 2.23. The largest absolute Gasteiger partial charge is 0.358 e. The summed E-state index contributed by atoms with van der Waals surface area (Å²) in [6.07, 6.45) is 1.40. The van der Waals surface area contributed by atoms with Crippen molar-refractivity contribution in [3.05, 3.63) is 35.5 Å². The zero-order valence-corrected chi connectivity index (χ0v) is 11.6. The second-order valence-electron chi connectivity index (χ2n) is 5.37. The van der Waals surface area contributed by atoms with Crippen molar-refractivity contribution >= 4 is 22.6 Å². The van der Waals surface area contributed by atoms with Crippen LogP contribution in [-0.4, -0.2) is 34.7 Å². The van der Waals surface area contributed by atoms with Gasteiger partial charge in [-0.2, -0.15) is 0 Å². The van der Waals surface area contributed by atoms with Gasteiger partial charge in [-0.3, -0.25) is 9.59 Å². The molecule has 20 heavy (non-hydrogen) atoms. The van der Waals surface area contributed by atoms with E-state index in [1.807, 2.05) is 36.1 Å². The zero-order chi connectivity index (χ0) is 14.1. The summed E-state index contributed by atoms with van der Waals surface area (Å²) < 4.78 is 0. The van der Waals surface area contributed by atoms with Crippen molar-refractivity contribution in [2.45, 2.75) is 26.2 Å². The molecule has 1 amide bonds. The number of nitrogens with one attached hydrogen (secondary N) is 1. The SMILES string of the molecule is Cc1[nH]c2ccccc2c1CC(=O)N1CCC(=O)CC1. The van der Waals surface area contributed by atoms with Crippen molar-refractivity contribution < 1.29 is 9.59 Å². The molecule has 0 aliphatic carbocycles. The number of amides is 1. The predicted octanol–water partition coefficient (Wildman–Crippen LogP) is 2.21. The maximum absolute atomic E-state index is 12.4. The summed E-state index contributed by atoms with van der Waals surface area (Å²) in [5.74, 6) is 0.377. The summed E-state index contributed by atoms with van der Waals surface area (Å²) in [6, 6.07) is 8.04. The van der Waals surface area contributed by atoms with Crippen LogP contribution in [0.2, 0.25) is 0 Å². The first-order valence-electron chi connectivity index (χ1n) is 7.01. The van der Waals surface area contributed by atoms with Gasteiger partial charge in [0.25, 0.3) is 0 Å². The number of ketones is 1. The van der Waals surface area contributed by atoms with Crippen LogP contribution in [0.15, 0.2) is 24.3 Å². The van der Waals surface area contributed by atoms with Gasteiger partial charge in [0.15, 0.2) is 0 Å². The van der Waals surface area contributed by atoms with Crippen LogP contribution < -0.4 is 0 Å². The number of fused-ring (bicyclic) bond motifs is 1. The van der Waals surface area contributed by atoms with Crippen molar-refractivity contribution in [2.75, 3.05) is 13.1 Å². The van der Waals surface area contributed by atoms with Crippen LogP contribution in [0.4, 0.5) is 0 Å². The molecule has 2 aromatic rings. The maximum atomic E-state index is 12.4. The molecular formula is C16H18N2O2. The standard InChI is InChI=1S/C16H18N2O2/c1-11-14(13-4-2-3-5-15(13)17-11)10-16(20)18-8-6-12(19)7-9-18/h2-5,17H,6-10H2,1H3. The first kappa shape index (κ1) is 12.9.